The van der Waals surface area contributed by atoms with Gasteiger partial charge in [-0.15, -0.1) is 36.2 Å². The van der Waals surface area contributed by atoms with Crippen LogP contribution in [-0.2, 0) is 0 Å². The van der Waals surface area contributed by atoms with Gasteiger partial charge in [0.1, 0.15) is 0 Å². The first-order chi connectivity index (χ1) is 6.27. The number of thiazole rings is 1. The van der Waals surface area contributed by atoms with Crippen LogP contribution in [0, 0.1) is 6.92 Å². The minimum atomic E-state index is 0. The highest BCUT2D eigenvalue weighted by atomic mass is 35.5. The highest BCUT2D eigenvalue weighted by Gasteiger charge is 2.06. The lowest BCUT2D eigenvalue weighted by Crippen LogP contribution is -1.84. The Hall–Kier alpha value is -0.840. The van der Waals surface area contributed by atoms with Crippen molar-refractivity contribution in [3.05, 3.63) is 29.4 Å². The van der Waals surface area contributed by atoms with Gasteiger partial charge < -0.3 is 5.73 Å². The van der Waals surface area contributed by atoms with E-state index < -0.39 is 0 Å². The average molecular weight is 264 g/mol. The summed E-state index contributed by atoms with van der Waals surface area (Å²) in [5.74, 6) is 0. The highest BCUT2D eigenvalue weighted by molar-refractivity contribution is 7.15. The smallest absolute Gasteiger partial charge is 0.180 e. The molecule has 0 aliphatic rings. The van der Waals surface area contributed by atoms with Crippen LogP contribution in [0.3, 0.4) is 0 Å². The molecule has 3 nitrogen and oxygen atoms in total. The van der Waals surface area contributed by atoms with E-state index in [9.17, 15) is 0 Å². The lowest BCUT2D eigenvalue weighted by molar-refractivity contribution is 1.30. The molecule has 6 heteroatoms. The van der Waals surface area contributed by atoms with Gasteiger partial charge in [-0.2, -0.15) is 0 Å². The molecule has 0 saturated heterocycles. The molecule has 0 bridgehead atoms. The number of pyridine rings is 1. The molecule has 2 aromatic rings. The summed E-state index contributed by atoms with van der Waals surface area (Å²) in [5, 5.41) is 0.608. The molecular weight excluding hydrogens is 253 g/mol. The largest absolute Gasteiger partial charge is 0.375 e. The van der Waals surface area contributed by atoms with Crippen LogP contribution in [0.5, 0.6) is 0 Å². The number of rotatable bonds is 1. The average Bonchev–Trinajstić information content (AvgIpc) is 2.47. The predicted molar refractivity (Wildman–Crippen MR) is 69.0 cm³/mol. The second-order valence-electron chi connectivity index (χ2n) is 2.70. The molecule has 0 saturated carbocycles. The molecule has 2 rings (SSSR count). The van der Waals surface area contributed by atoms with Crippen molar-refractivity contribution < 1.29 is 0 Å². The Morgan fingerprint density at radius 2 is 2.07 bits per heavy atom. The Balaban J connectivity index is 0.000000980. The van der Waals surface area contributed by atoms with Crippen molar-refractivity contribution in [1.29, 1.82) is 0 Å². The Bertz CT molecular complexity index is 417. The summed E-state index contributed by atoms with van der Waals surface area (Å²) < 4.78 is 0. The minimum absolute atomic E-state index is 0. The van der Waals surface area contributed by atoms with E-state index in [4.69, 9.17) is 5.73 Å². The minimum Gasteiger partial charge on any atom is -0.375 e. The molecule has 0 fully saturated rings. The maximum Gasteiger partial charge on any atom is 0.180 e. The van der Waals surface area contributed by atoms with E-state index in [1.165, 1.54) is 11.3 Å². The summed E-state index contributed by atoms with van der Waals surface area (Å²) in [6.45, 7) is 2.01. The molecule has 82 valence electrons. The number of aromatic nitrogens is 2. The molecule has 15 heavy (non-hydrogen) atoms. The van der Waals surface area contributed by atoms with E-state index in [1.54, 1.807) is 12.4 Å². The molecule has 2 heterocycles. The molecule has 0 aromatic carbocycles. The van der Waals surface area contributed by atoms with Crippen molar-refractivity contribution in [1.82, 2.24) is 9.97 Å². The highest BCUT2D eigenvalue weighted by Crippen LogP contribution is 2.27. The number of hydrogen-bond acceptors (Lipinski definition) is 4. The van der Waals surface area contributed by atoms with E-state index in [-0.39, 0.29) is 24.8 Å². The molecule has 0 atom stereocenters. The predicted octanol–water partition coefficient (Wildman–Crippen LogP) is 2.94. The standard InChI is InChI=1S/C9H9N3S.2ClH/c1-6-8(12-9(10)13-6)7-3-2-4-11-5-7;;/h2-5H,1H3,(H2,10,12);2*1H. The van der Waals surface area contributed by atoms with Crippen LogP contribution in [0.4, 0.5) is 5.13 Å². The summed E-state index contributed by atoms with van der Waals surface area (Å²) >= 11 is 1.50. The van der Waals surface area contributed by atoms with Gasteiger partial charge in [0.15, 0.2) is 5.13 Å². The van der Waals surface area contributed by atoms with Gasteiger partial charge in [0, 0.05) is 22.8 Å². The number of hydrogen-bond donors (Lipinski definition) is 1. The molecule has 0 amide bonds. The summed E-state index contributed by atoms with van der Waals surface area (Å²) in [5.41, 5.74) is 7.57. The molecular formula is C9H11Cl2N3S. The maximum atomic E-state index is 5.60. The van der Waals surface area contributed by atoms with Crippen LogP contribution < -0.4 is 5.73 Å². The Morgan fingerprint density at radius 1 is 1.33 bits per heavy atom. The zero-order valence-electron chi connectivity index (χ0n) is 8.01. The summed E-state index contributed by atoms with van der Waals surface area (Å²) in [6.07, 6.45) is 3.54. The van der Waals surface area contributed by atoms with Crippen molar-refractivity contribution >= 4 is 41.3 Å². The van der Waals surface area contributed by atoms with Crippen molar-refractivity contribution in [2.45, 2.75) is 6.92 Å². The van der Waals surface area contributed by atoms with Crippen molar-refractivity contribution in [3.63, 3.8) is 0 Å². The zero-order valence-corrected chi connectivity index (χ0v) is 10.5. The van der Waals surface area contributed by atoms with E-state index in [1.807, 2.05) is 19.1 Å². The maximum absolute atomic E-state index is 5.60. The van der Waals surface area contributed by atoms with Gasteiger partial charge in [-0.3, -0.25) is 4.98 Å². The third-order valence-electron chi connectivity index (χ3n) is 1.75. The van der Waals surface area contributed by atoms with Gasteiger partial charge in [-0.1, -0.05) is 0 Å². The number of anilines is 1. The van der Waals surface area contributed by atoms with Gasteiger partial charge in [-0.05, 0) is 19.1 Å². The number of nitrogens with zero attached hydrogens (tertiary/aromatic N) is 2. The van der Waals surface area contributed by atoms with Crippen LogP contribution in [0.15, 0.2) is 24.5 Å². The van der Waals surface area contributed by atoms with Gasteiger partial charge in [0.2, 0.25) is 0 Å². The monoisotopic (exact) mass is 263 g/mol. The lowest BCUT2D eigenvalue weighted by Gasteiger charge is -1.95. The van der Waals surface area contributed by atoms with E-state index in [0.717, 1.165) is 16.1 Å². The topological polar surface area (TPSA) is 51.8 Å². The molecule has 0 unspecified atom stereocenters. The molecule has 2 N–H and O–H groups in total. The fourth-order valence-corrected chi connectivity index (χ4v) is 1.90. The zero-order chi connectivity index (χ0) is 9.26. The fourth-order valence-electron chi connectivity index (χ4n) is 1.19. The lowest BCUT2D eigenvalue weighted by atomic mass is 10.2. The van der Waals surface area contributed by atoms with Crippen LogP contribution in [0.1, 0.15) is 4.88 Å². The second kappa shape index (κ2) is 5.90. The van der Waals surface area contributed by atoms with Crippen molar-refractivity contribution in [3.8, 4) is 11.3 Å². The normalized spacial score (nSPS) is 8.87. The molecule has 2 aromatic heterocycles. The summed E-state index contributed by atoms with van der Waals surface area (Å²) in [4.78, 5) is 9.40. The Morgan fingerprint density at radius 3 is 2.53 bits per heavy atom. The number of nitrogens with two attached hydrogens (primary N) is 1. The molecule has 0 spiro atoms. The quantitative estimate of drug-likeness (QED) is 0.861. The Labute approximate surface area is 105 Å². The van der Waals surface area contributed by atoms with Crippen molar-refractivity contribution in [2.75, 3.05) is 5.73 Å². The van der Waals surface area contributed by atoms with E-state index in [2.05, 4.69) is 9.97 Å². The van der Waals surface area contributed by atoms with Crippen LogP contribution in [-0.4, -0.2) is 9.97 Å². The van der Waals surface area contributed by atoms with E-state index in [0.29, 0.717) is 5.13 Å². The molecule has 0 aliphatic heterocycles. The first-order valence-corrected chi connectivity index (χ1v) is 4.72. The first kappa shape index (κ1) is 14.2. The Kier molecular flexibility index (Phi) is 5.57. The first-order valence-electron chi connectivity index (χ1n) is 3.90. The summed E-state index contributed by atoms with van der Waals surface area (Å²) in [7, 11) is 0. The number of halogens is 2. The van der Waals surface area contributed by atoms with Crippen LogP contribution >= 0.6 is 36.2 Å². The van der Waals surface area contributed by atoms with Gasteiger partial charge in [0.05, 0.1) is 5.69 Å². The number of nitrogen functional groups attached to an aromatic ring is 1. The van der Waals surface area contributed by atoms with Crippen LogP contribution in [0.25, 0.3) is 11.3 Å². The van der Waals surface area contributed by atoms with Gasteiger partial charge >= 0.3 is 0 Å². The second-order valence-corrected chi connectivity index (χ2v) is 3.93. The fraction of sp³-hybridized carbons (Fsp3) is 0.111. The van der Waals surface area contributed by atoms with Gasteiger partial charge in [-0.25, -0.2) is 4.98 Å². The summed E-state index contributed by atoms with van der Waals surface area (Å²) in [6, 6.07) is 3.87. The van der Waals surface area contributed by atoms with Gasteiger partial charge in [0.25, 0.3) is 0 Å². The SMILES string of the molecule is Cc1sc(N)nc1-c1cccnc1.Cl.Cl. The van der Waals surface area contributed by atoms with Crippen molar-refractivity contribution in [2.24, 2.45) is 0 Å². The molecule has 0 radical (unpaired) electrons. The number of aryl methyl sites for hydroxylation is 1. The molecule has 0 aliphatic carbocycles. The third-order valence-corrected chi connectivity index (χ3v) is 2.55. The third kappa shape index (κ3) is 3.06. The van der Waals surface area contributed by atoms with Crippen LogP contribution in [0.2, 0.25) is 0 Å². The van der Waals surface area contributed by atoms with E-state index >= 15 is 0 Å².